The molecule has 2 N–H and O–H groups in total. The molecule has 5 nitrogen and oxygen atoms in total. The van der Waals surface area contributed by atoms with Gasteiger partial charge in [0.05, 0.1) is 11.4 Å². The molecular formula is C17H16BrN3O2S. The summed E-state index contributed by atoms with van der Waals surface area (Å²) in [5.41, 5.74) is 3.21. The smallest absolute Gasteiger partial charge is 0.314 e. The molecule has 3 rings (SSSR count). The minimum atomic E-state index is -0.325. The number of fused-ring (bicyclic) bond motifs is 1. The Hall–Kier alpha value is -1.99. The van der Waals surface area contributed by atoms with E-state index >= 15 is 0 Å². The zero-order chi connectivity index (χ0) is 17.3. The number of hydrogen-bond acceptors (Lipinski definition) is 3. The largest absolute Gasteiger partial charge is 0.323 e. The molecule has 0 aliphatic carbocycles. The second kappa shape index (κ2) is 6.86. The lowest BCUT2D eigenvalue weighted by molar-refractivity contribution is -0.116. The molecule has 1 aliphatic rings. The van der Waals surface area contributed by atoms with Crippen LogP contribution in [0.25, 0.3) is 0 Å². The number of carbonyl (C=O) groups is 2. The summed E-state index contributed by atoms with van der Waals surface area (Å²) < 4.78 is 0.994. The fourth-order valence-electron chi connectivity index (χ4n) is 2.37. The number of carbonyl (C=O) groups excluding carboxylic acids is 2. The van der Waals surface area contributed by atoms with Crippen LogP contribution in [0.1, 0.15) is 5.56 Å². The van der Waals surface area contributed by atoms with Crippen LogP contribution in [0.2, 0.25) is 0 Å². The average molecular weight is 406 g/mol. The van der Waals surface area contributed by atoms with E-state index in [9.17, 15) is 9.59 Å². The SMILES string of the molecule is Cc1cc(NC(=O)Nc2ccc3c(c2)N(C)C(=O)CS3)ccc1Br. The highest BCUT2D eigenvalue weighted by Gasteiger charge is 2.21. The van der Waals surface area contributed by atoms with Crippen LogP contribution in [-0.4, -0.2) is 24.7 Å². The van der Waals surface area contributed by atoms with Gasteiger partial charge in [-0.25, -0.2) is 4.79 Å². The van der Waals surface area contributed by atoms with Crippen molar-refractivity contribution < 1.29 is 9.59 Å². The predicted octanol–water partition coefficient (Wildman–Crippen LogP) is 4.47. The molecule has 0 atom stereocenters. The van der Waals surface area contributed by atoms with Gasteiger partial charge in [0.25, 0.3) is 0 Å². The van der Waals surface area contributed by atoms with Crippen LogP contribution in [0.4, 0.5) is 21.9 Å². The lowest BCUT2D eigenvalue weighted by Gasteiger charge is -2.25. The molecule has 124 valence electrons. The summed E-state index contributed by atoms with van der Waals surface area (Å²) in [7, 11) is 1.75. The minimum absolute atomic E-state index is 0.0550. The van der Waals surface area contributed by atoms with Crippen molar-refractivity contribution in [3.8, 4) is 0 Å². The molecule has 7 heteroatoms. The number of hydrogen-bond donors (Lipinski definition) is 2. The maximum Gasteiger partial charge on any atom is 0.323 e. The fraction of sp³-hybridized carbons (Fsp3) is 0.176. The first-order valence-corrected chi connectivity index (χ1v) is 9.09. The number of urea groups is 1. The van der Waals surface area contributed by atoms with Gasteiger partial charge in [-0.15, -0.1) is 11.8 Å². The molecule has 0 radical (unpaired) electrons. The van der Waals surface area contributed by atoms with E-state index in [1.54, 1.807) is 11.9 Å². The summed E-state index contributed by atoms with van der Waals surface area (Å²) in [6.45, 7) is 1.96. The first kappa shape index (κ1) is 16.9. The normalized spacial score (nSPS) is 13.5. The molecule has 1 heterocycles. The number of amides is 3. The third-order valence-corrected chi connectivity index (χ3v) is 5.66. The molecule has 0 bridgehead atoms. The van der Waals surface area contributed by atoms with E-state index in [0.29, 0.717) is 17.1 Å². The molecule has 0 unspecified atom stereocenters. The first-order chi connectivity index (χ1) is 11.4. The number of benzene rings is 2. The van der Waals surface area contributed by atoms with Gasteiger partial charge in [0.2, 0.25) is 5.91 Å². The number of aryl methyl sites for hydroxylation is 1. The van der Waals surface area contributed by atoms with Crippen molar-refractivity contribution in [3.05, 3.63) is 46.4 Å². The van der Waals surface area contributed by atoms with E-state index < -0.39 is 0 Å². The Morgan fingerprint density at radius 3 is 2.54 bits per heavy atom. The van der Waals surface area contributed by atoms with E-state index in [0.717, 1.165) is 20.6 Å². The fourth-order valence-corrected chi connectivity index (χ4v) is 3.59. The van der Waals surface area contributed by atoms with Gasteiger partial charge in [0.15, 0.2) is 0 Å². The highest BCUT2D eigenvalue weighted by molar-refractivity contribution is 9.10. The molecule has 0 aromatic heterocycles. The quantitative estimate of drug-likeness (QED) is 0.774. The number of halogens is 1. The zero-order valence-electron chi connectivity index (χ0n) is 13.2. The summed E-state index contributed by atoms with van der Waals surface area (Å²) in [6, 6.07) is 10.8. The van der Waals surface area contributed by atoms with Gasteiger partial charge in [-0.2, -0.15) is 0 Å². The van der Waals surface area contributed by atoms with Gasteiger partial charge < -0.3 is 15.5 Å². The predicted molar refractivity (Wildman–Crippen MR) is 102 cm³/mol. The molecule has 1 aliphatic heterocycles. The molecule has 0 saturated carbocycles. The Balaban J connectivity index is 1.73. The van der Waals surface area contributed by atoms with Gasteiger partial charge in [-0.05, 0) is 48.9 Å². The number of nitrogens with zero attached hydrogens (tertiary/aromatic N) is 1. The standard InChI is InChI=1S/C17H16BrN3O2S/c1-10-7-11(3-5-13(10)18)19-17(23)20-12-4-6-15-14(8-12)21(2)16(22)9-24-15/h3-8H,9H2,1-2H3,(H2,19,20,23). The van der Waals surface area contributed by atoms with Crippen LogP contribution >= 0.6 is 27.7 Å². The van der Waals surface area contributed by atoms with Crippen molar-refractivity contribution in [3.63, 3.8) is 0 Å². The van der Waals surface area contributed by atoms with Crippen molar-refractivity contribution in [1.29, 1.82) is 0 Å². The highest BCUT2D eigenvalue weighted by atomic mass is 79.9. The van der Waals surface area contributed by atoms with Gasteiger partial charge in [-0.3, -0.25) is 4.79 Å². The molecule has 2 aromatic carbocycles. The van der Waals surface area contributed by atoms with Crippen molar-refractivity contribution in [2.75, 3.05) is 28.3 Å². The Morgan fingerprint density at radius 1 is 1.17 bits per heavy atom. The number of nitrogens with one attached hydrogen (secondary N) is 2. The average Bonchev–Trinajstić information content (AvgIpc) is 2.55. The van der Waals surface area contributed by atoms with Gasteiger partial charge >= 0.3 is 6.03 Å². The molecule has 2 aromatic rings. The molecule has 0 saturated heterocycles. The maximum atomic E-state index is 12.2. The van der Waals surface area contributed by atoms with E-state index in [4.69, 9.17) is 0 Å². The van der Waals surface area contributed by atoms with Gasteiger partial charge in [0, 0.05) is 27.8 Å². The van der Waals surface area contributed by atoms with Gasteiger partial charge in [0.1, 0.15) is 0 Å². The summed E-state index contributed by atoms with van der Waals surface area (Å²) in [5.74, 6) is 0.499. The summed E-state index contributed by atoms with van der Waals surface area (Å²) in [5, 5.41) is 5.60. The molecule has 3 amide bonds. The van der Waals surface area contributed by atoms with Crippen LogP contribution in [0, 0.1) is 6.92 Å². The van der Waals surface area contributed by atoms with Crippen molar-refractivity contribution in [2.45, 2.75) is 11.8 Å². The third kappa shape index (κ3) is 3.57. The lowest BCUT2D eigenvalue weighted by atomic mass is 10.2. The summed E-state index contributed by atoms with van der Waals surface area (Å²) in [4.78, 5) is 26.6. The third-order valence-electron chi connectivity index (χ3n) is 3.72. The highest BCUT2D eigenvalue weighted by Crippen LogP contribution is 2.36. The zero-order valence-corrected chi connectivity index (χ0v) is 15.6. The van der Waals surface area contributed by atoms with E-state index in [2.05, 4.69) is 26.6 Å². The summed E-state index contributed by atoms with van der Waals surface area (Å²) in [6.07, 6.45) is 0. The Kier molecular flexibility index (Phi) is 4.82. The second-order valence-electron chi connectivity index (χ2n) is 5.47. The van der Waals surface area contributed by atoms with Crippen LogP contribution in [0.15, 0.2) is 45.8 Å². The Morgan fingerprint density at radius 2 is 1.83 bits per heavy atom. The lowest BCUT2D eigenvalue weighted by Crippen LogP contribution is -2.31. The Labute approximate surface area is 152 Å². The van der Waals surface area contributed by atoms with Crippen LogP contribution in [-0.2, 0) is 4.79 Å². The van der Waals surface area contributed by atoms with E-state index in [1.807, 2.05) is 43.3 Å². The minimum Gasteiger partial charge on any atom is -0.314 e. The van der Waals surface area contributed by atoms with E-state index in [-0.39, 0.29) is 11.9 Å². The molecular weight excluding hydrogens is 390 g/mol. The molecule has 0 spiro atoms. The Bertz CT molecular complexity index is 825. The van der Waals surface area contributed by atoms with Crippen LogP contribution < -0.4 is 15.5 Å². The van der Waals surface area contributed by atoms with Crippen LogP contribution in [0.3, 0.4) is 0 Å². The maximum absolute atomic E-state index is 12.2. The number of rotatable bonds is 2. The second-order valence-corrected chi connectivity index (χ2v) is 7.34. The number of anilines is 3. The monoisotopic (exact) mass is 405 g/mol. The molecule has 0 fully saturated rings. The topological polar surface area (TPSA) is 61.4 Å². The molecule has 24 heavy (non-hydrogen) atoms. The van der Waals surface area contributed by atoms with Crippen molar-refractivity contribution in [2.24, 2.45) is 0 Å². The first-order valence-electron chi connectivity index (χ1n) is 7.31. The van der Waals surface area contributed by atoms with E-state index in [1.165, 1.54) is 11.8 Å². The van der Waals surface area contributed by atoms with Crippen molar-refractivity contribution >= 4 is 56.7 Å². The summed E-state index contributed by atoms with van der Waals surface area (Å²) >= 11 is 4.94. The van der Waals surface area contributed by atoms with Crippen LogP contribution in [0.5, 0.6) is 0 Å². The van der Waals surface area contributed by atoms with Crippen molar-refractivity contribution in [1.82, 2.24) is 0 Å². The number of thioether (sulfide) groups is 1. The van der Waals surface area contributed by atoms with Gasteiger partial charge in [-0.1, -0.05) is 15.9 Å².